The molecule has 0 radical (unpaired) electrons. The van der Waals surface area contributed by atoms with Gasteiger partial charge in [-0.25, -0.2) is 4.39 Å². The molecule has 0 aromatic rings. The number of hydrogen-bond acceptors (Lipinski definition) is 0. The van der Waals surface area contributed by atoms with E-state index in [2.05, 4.69) is 13.8 Å². The minimum Gasteiger partial charge on any atom is -0.207 e. The van der Waals surface area contributed by atoms with Crippen LogP contribution >= 0.6 is 0 Å². The Balaban J connectivity index is 2.63. The summed E-state index contributed by atoms with van der Waals surface area (Å²) in [6.07, 6.45) is 5.74. The standard InChI is InChI=1S/C12H19F/c1-4-9(2)7-11-6-5-10(3)8-12(11)13/h8-9H,4-7H2,1-3H3. The molecule has 74 valence electrons. The Hall–Kier alpha value is -0.590. The van der Waals surface area contributed by atoms with Crippen molar-refractivity contribution in [3.05, 3.63) is 23.0 Å². The predicted molar refractivity (Wildman–Crippen MR) is 55.2 cm³/mol. The molecule has 0 aromatic carbocycles. The van der Waals surface area contributed by atoms with Crippen molar-refractivity contribution in [3.8, 4) is 0 Å². The minimum atomic E-state index is 0.0315. The summed E-state index contributed by atoms with van der Waals surface area (Å²) in [6, 6.07) is 0. The number of rotatable bonds is 3. The third kappa shape index (κ3) is 2.98. The molecule has 0 fully saturated rings. The molecule has 0 saturated heterocycles. The van der Waals surface area contributed by atoms with Gasteiger partial charge in [0.2, 0.25) is 0 Å². The quantitative estimate of drug-likeness (QED) is 0.607. The van der Waals surface area contributed by atoms with E-state index in [-0.39, 0.29) is 5.83 Å². The summed E-state index contributed by atoms with van der Waals surface area (Å²) < 4.78 is 13.4. The molecule has 0 saturated carbocycles. The second kappa shape index (κ2) is 4.59. The molecule has 0 heterocycles. The lowest BCUT2D eigenvalue weighted by Gasteiger charge is -2.16. The van der Waals surface area contributed by atoms with Gasteiger partial charge < -0.3 is 0 Å². The maximum absolute atomic E-state index is 13.4. The van der Waals surface area contributed by atoms with Gasteiger partial charge in [-0.15, -0.1) is 0 Å². The monoisotopic (exact) mass is 182 g/mol. The summed E-state index contributed by atoms with van der Waals surface area (Å²) in [5.74, 6) is 0.650. The zero-order chi connectivity index (χ0) is 9.84. The number of hydrogen-bond donors (Lipinski definition) is 0. The first-order valence-corrected chi connectivity index (χ1v) is 5.18. The van der Waals surface area contributed by atoms with Gasteiger partial charge in [-0.1, -0.05) is 25.8 Å². The Labute approximate surface area is 80.5 Å². The third-order valence-electron chi connectivity index (χ3n) is 2.82. The van der Waals surface area contributed by atoms with Crippen molar-refractivity contribution in [2.45, 2.75) is 46.5 Å². The largest absolute Gasteiger partial charge is 0.207 e. The molecule has 1 aliphatic rings. The molecule has 0 nitrogen and oxygen atoms in total. The lowest BCUT2D eigenvalue weighted by molar-refractivity contribution is 0.521. The van der Waals surface area contributed by atoms with Crippen molar-refractivity contribution in [1.29, 1.82) is 0 Å². The SMILES string of the molecule is CCC(C)CC1=C(F)C=C(C)CC1. The van der Waals surface area contributed by atoms with Crippen molar-refractivity contribution in [2.75, 3.05) is 0 Å². The van der Waals surface area contributed by atoms with Gasteiger partial charge in [0.1, 0.15) is 5.83 Å². The van der Waals surface area contributed by atoms with Crippen LogP contribution in [-0.4, -0.2) is 0 Å². The zero-order valence-electron chi connectivity index (χ0n) is 8.86. The van der Waals surface area contributed by atoms with E-state index in [1.165, 1.54) is 5.57 Å². The molecule has 0 amide bonds. The second-order valence-electron chi connectivity index (χ2n) is 4.16. The average Bonchev–Trinajstić information content (AvgIpc) is 2.09. The molecule has 1 aliphatic carbocycles. The molecule has 1 unspecified atom stereocenters. The maximum Gasteiger partial charge on any atom is 0.122 e. The minimum absolute atomic E-state index is 0.0315. The van der Waals surface area contributed by atoms with Gasteiger partial charge in [0.05, 0.1) is 0 Å². The summed E-state index contributed by atoms with van der Waals surface area (Å²) in [7, 11) is 0. The highest BCUT2D eigenvalue weighted by atomic mass is 19.1. The summed E-state index contributed by atoms with van der Waals surface area (Å²) in [5, 5.41) is 0. The van der Waals surface area contributed by atoms with Crippen molar-refractivity contribution < 1.29 is 4.39 Å². The molecule has 0 N–H and O–H groups in total. The molecule has 1 heteroatoms. The van der Waals surface area contributed by atoms with Gasteiger partial charge in [0, 0.05) is 0 Å². The summed E-state index contributed by atoms with van der Waals surface area (Å²) in [4.78, 5) is 0. The van der Waals surface area contributed by atoms with E-state index in [9.17, 15) is 4.39 Å². The van der Waals surface area contributed by atoms with E-state index < -0.39 is 0 Å². The van der Waals surface area contributed by atoms with E-state index in [1.807, 2.05) is 6.92 Å². The van der Waals surface area contributed by atoms with E-state index in [0.29, 0.717) is 5.92 Å². The Morgan fingerprint density at radius 3 is 2.69 bits per heavy atom. The predicted octanol–water partition coefficient (Wildman–Crippen LogP) is 4.39. The van der Waals surface area contributed by atoms with Crippen molar-refractivity contribution >= 4 is 0 Å². The normalized spacial score (nSPS) is 20.2. The van der Waals surface area contributed by atoms with Crippen molar-refractivity contribution in [2.24, 2.45) is 5.92 Å². The highest BCUT2D eigenvalue weighted by Crippen LogP contribution is 2.29. The lowest BCUT2D eigenvalue weighted by atomic mass is 9.90. The fourth-order valence-electron chi connectivity index (χ4n) is 1.62. The summed E-state index contributed by atoms with van der Waals surface area (Å²) in [5.41, 5.74) is 2.20. The molecule has 1 rings (SSSR count). The van der Waals surface area contributed by atoms with Gasteiger partial charge in [-0.2, -0.15) is 0 Å². The van der Waals surface area contributed by atoms with Crippen LogP contribution in [0.15, 0.2) is 23.0 Å². The van der Waals surface area contributed by atoms with Gasteiger partial charge in [-0.05, 0) is 43.8 Å². The van der Waals surface area contributed by atoms with E-state index in [4.69, 9.17) is 0 Å². The Kier molecular flexibility index (Phi) is 3.71. The smallest absolute Gasteiger partial charge is 0.122 e. The number of halogens is 1. The lowest BCUT2D eigenvalue weighted by Crippen LogP contribution is -2.00. The zero-order valence-corrected chi connectivity index (χ0v) is 8.86. The fourth-order valence-corrected chi connectivity index (χ4v) is 1.62. The third-order valence-corrected chi connectivity index (χ3v) is 2.82. The van der Waals surface area contributed by atoms with Crippen LogP contribution in [0.5, 0.6) is 0 Å². The van der Waals surface area contributed by atoms with Crippen LogP contribution in [0.25, 0.3) is 0 Å². The molecule has 0 aromatic heterocycles. The van der Waals surface area contributed by atoms with E-state index in [1.54, 1.807) is 6.08 Å². The van der Waals surface area contributed by atoms with Crippen LogP contribution in [0.3, 0.4) is 0 Å². The molecule has 1 atom stereocenters. The molecule has 0 bridgehead atoms. The van der Waals surface area contributed by atoms with Gasteiger partial charge >= 0.3 is 0 Å². The molecular weight excluding hydrogens is 163 g/mol. The Morgan fingerprint density at radius 2 is 2.15 bits per heavy atom. The summed E-state index contributed by atoms with van der Waals surface area (Å²) in [6.45, 7) is 6.35. The Bertz CT molecular complexity index is 236. The van der Waals surface area contributed by atoms with Crippen LogP contribution in [0.1, 0.15) is 46.5 Å². The first kappa shape index (κ1) is 10.5. The molecule has 13 heavy (non-hydrogen) atoms. The van der Waals surface area contributed by atoms with Crippen LogP contribution in [0, 0.1) is 5.92 Å². The summed E-state index contributed by atoms with van der Waals surface area (Å²) >= 11 is 0. The van der Waals surface area contributed by atoms with Gasteiger partial charge in [0.25, 0.3) is 0 Å². The second-order valence-corrected chi connectivity index (χ2v) is 4.16. The van der Waals surface area contributed by atoms with Gasteiger partial charge in [0.15, 0.2) is 0 Å². The van der Waals surface area contributed by atoms with E-state index in [0.717, 1.165) is 31.3 Å². The first-order valence-electron chi connectivity index (χ1n) is 5.18. The fraction of sp³-hybridized carbons (Fsp3) is 0.667. The van der Waals surface area contributed by atoms with Crippen LogP contribution < -0.4 is 0 Å². The van der Waals surface area contributed by atoms with E-state index >= 15 is 0 Å². The molecule has 0 aliphatic heterocycles. The van der Waals surface area contributed by atoms with Gasteiger partial charge in [-0.3, -0.25) is 0 Å². The Morgan fingerprint density at radius 1 is 1.46 bits per heavy atom. The van der Waals surface area contributed by atoms with Crippen molar-refractivity contribution in [3.63, 3.8) is 0 Å². The van der Waals surface area contributed by atoms with Crippen LogP contribution in [0.2, 0.25) is 0 Å². The molecule has 0 spiro atoms. The van der Waals surface area contributed by atoms with Crippen molar-refractivity contribution in [1.82, 2.24) is 0 Å². The van der Waals surface area contributed by atoms with Crippen LogP contribution in [-0.2, 0) is 0 Å². The topological polar surface area (TPSA) is 0 Å². The maximum atomic E-state index is 13.4. The molecular formula is C12H19F. The first-order chi connectivity index (χ1) is 6.13. The number of allylic oxidation sites excluding steroid dienone is 4. The van der Waals surface area contributed by atoms with Crippen LogP contribution in [0.4, 0.5) is 4.39 Å². The average molecular weight is 182 g/mol. The highest BCUT2D eigenvalue weighted by Gasteiger charge is 2.13. The highest BCUT2D eigenvalue weighted by molar-refractivity contribution is 5.28.